The fourth-order valence-electron chi connectivity index (χ4n) is 2.22. The second-order valence-electron chi connectivity index (χ2n) is 5.12. The quantitative estimate of drug-likeness (QED) is 0.777. The van der Waals surface area contributed by atoms with Gasteiger partial charge in [-0.3, -0.25) is 5.32 Å². The van der Waals surface area contributed by atoms with Gasteiger partial charge in [-0.05, 0) is 12.1 Å². The van der Waals surface area contributed by atoms with Gasteiger partial charge in [0.25, 0.3) is 0 Å². The highest BCUT2D eigenvalue weighted by Gasteiger charge is 2.40. The van der Waals surface area contributed by atoms with Crippen molar-refractivity contribution in [3.05, 3.63) is 24.3 Å². The highest BCUT2D eigenvalue weighted by atomic mass is 32.2. The molecule has 0 radical (unpaired) electrons. The number of benzene rings is 1. The van der Waals surface area contributed by atoms with E-state index >= 15 is 0 Å². The van der Waals surface area contributed by atoms with Gasteiger partial charge in [0.15, 0.2) is 0 Å². The van der Waals surface area contributed by atoms with Crippen molar-refractivity contribution in [1.29, 1.82) is 0 Å². The zero-order valence-corrected chi connectivity index (χ0v) is 13.7. The van der Waals surface area contributed by atoms with Crippen LogP contribution in [0.3, 0.4) is 0 Å². The summed E-state index contributed by atoms with van der Waals surface area (Å²) in [6.07, 6.45) is -0.179. The fraction of sp³-hybridized carbons (Fsp3) is 0.500. The van der Waals surface area contributed by atoms with Gasteiger partial charge < -0.3 is 18.4 Å². The third-order valence-electron chi connectivity index (χ3n) is 3.43. The fourth-order valence-corrected chi connectivity index (χ4v) is 3.66. The lowest BCUT2D eigenvalue weighted by Gasteiger charge is -2.24. The molecule has 1 amide bonds. The Kier molecular flexibility index (Phi) is 5.45. The molecule has 0 spiro atoms. The van der Waals surface area contributed by atoms with E-state index < -0.39 is 21.8 Å². The molecule has 23 heavy (non-hydrogen) atoms. The summed E-state index contributed by atoms with van der Waals surface area (Å²) >= 11 is 0. The minimum absolute atomic E-state index is 0.0871. The first-order valence-electron chi connectivity index (χ1n) is 6.88. The van der Waals surface area contributed by atoms with E-state index in [0.717, 1.165) is 0 Å². The number of carbonyl (C=O) groups is 1. The molecule has 1 aromatic rings. The molecule has 9 heteroatoms. The van der Waals surface area contributed by atoms with Gasteiger partial charge in [-0.1, -0.05) is 6.07 Å². The van der Waals surface area contributed by atoms with Gasteiger partial charge in [-0.15, -0.1) is 0 Å². The summed E-state index contributed by atoms with van der Waals surface area (Å²) in [5.41, 5.74) is -0.532. The Morgan fingerprint density at radius 3 is 2.78 bits per heavy atom. The summed E-state index contributed by atoms with van der Waals surface area (Å²) in [5, 5.41) is 2.43. The molecule has 8 nitrogen and oxygen atoms in total. The Bertz CT molecular complexity index is 653. The maximum absolute atomic E-state index is 12.2. The van der Waals surface area contributed by atoms with Crippen molar-refractivity contribution in [2.45, 2.75) is 12.0 Å². The monoisotopic (exact) mass is 345 g/mol. The summed E-state index contributed by atoms with van der Waals surface area (Å²) in [4.78, 5) is 11.2. The molecule has 1 aliphatic heterocycles. The molecule has 1 N–H and O–H groups in total. The lowest BCUT2D eigenvalue weighted by molar-refractivity contribution is 0.000244. The first-order chi connectivity index (χ1) is 10.9. The Morgan fingerprint density at radius 2 is 2.17 bits per heavy atom. The third kappa shape index (κ3) is 4.81. The van der Waals surface area contributed by atoms with Crippen LogP contribution in [0.4, 0.5) is 10.5 Å². The SMILES string of the molecule is COC(=O)Nc1cccc(OS(=O)(=O)C[C@]2(OC)CCOC2)c1. The van der Waals surface area contributed by atoms with Crippen molar-refractivity contribution in [2.24, 2.45) is 0 Å². The highest BCUT2D eigenvalue weighted by molar-refractivity contribution is 7.87. The number of rotatable bonds is 6. The maximum Gasteiger partial charge on any atom is 0.411 e. The number of anilines is 1. The van der Waals surface area contributed by atoms with E-state index in [1.807, 2.05) is 0 Å². The van der Waals surface area contributed by atoms with Crippen molar-refractivity contribution < 1.29 is 31.6 Å². The molecule has 1 heterocycles. The van der Waals surface area contributed by atoms with E-state index in [1.165, 1.54) is 26.4 Å². The van der Waals surface area contributed by atoms with Crippen molar-refractivity contribution >= 4 is 21.9 Å². The molecule has 0 saturated carbocycles. The molecule has 1 aromatic carbocycles. The molecule has 1 saturated heterocycles. The van der Waals surface area contributed by atoms with Gasteiger partial charge in [0.05, 0.1) is 13.7 Å². The molecule has 1 aliphatic rings. The average Bonchev–Trinajstić information content (AvgIpc) is 2.95. The molecule has 0 aliphatic carbocycles. The average molecular weight is 345 g/mol. The molecule has 1 fully saturated rings. The number of hydrogen-bond acceptors (Lipinski definition) is 7. The summed E-state index contributed by atoms with van der Waals surface area (Å²) in [5.74, 6) is -0.227. The summed E-state index contributed by atoms with van der Waals surface area (Å²) in [6, 6.07) is 6.00. The van der Waals surface area contributed by atoms with Gasteiger partial charge in [0.1, 0.15) is 17.1 Å². The molecular formula is C14H19NO7S. The second kappa shape index (κ2) is 7.16. The Balaban J connectivity index is 2.08. The van der Waals surface area contributed by atoms with E-state index in [2.05, 4.69) is 10.1 Å². The standard InChI is InChI=1S/C14H19NO7S/c1-19-13(16)15-11-4-3-5-12(8-11)22-23(17,18)10-14(20-2)6-7-21-9-14/h3-5,8H,6-7,9-10H2,1-2H3,(H,15,16)/t14-/m0/s1. The predicted molar refractivity (Wildman–Crippen MR) is 82.1 cm³/mol. The Hall–Kier alpha value is -1.84. The molecule has 1 atom stereocenters. The lowest BCUT2D eigenvalue weighted by atomic mass is 10.1. The van der Waals surface area contributed by atoms with Gasteiger partial charge in [0.2, 0.25) is 0 Å². The van der Waals surface area contributed by atoms with Gasteiger partial charge in [0, 0.05) is 31.9 Å². The maximum atomic E-state index is 12.2. The molecule has 0 unspecified atom stereocenters. The van der Waals surface area contributed by atoms with E-state index in [0.29, 0.717) is 18.7 Å². The Morgan fingerprint density at radius 1 is 1.39 bits per heavy atom. The first kappa shape index (κ1) is 17.5. The summed E-state index contributed by atoms with van der Waals surface area (Å²) in [7, 11) is -1.21. The number of ether oxygens (including phenoxy) is 3. The lowest BCUT2D eigenvalue weighted by Crippen LogP contribution is -2.41. The first-order valence-corrected chi connectivity index (χ1v) is 8.46. The third-order valence-corrected chi connectivity index (χ3v) is 4.76. The summed E-state index contributed by atoms with van der Waals surface area (Å²) in [6.45, 7) is 0.651. The van der Waals surface area contributed by atoms with Gasteiger partial charge in [-0.2, -0.15) is 8.42 Å². The van der Waals surface area contributed by atoms with Gasteiger partial charge >= 0.3 is 16.2 Å². The number of carbonyl (C=O) groups excluding carboxylic acids is 1. The van der Waals surface area contributed by atoms with Crippen molar-refractivity contribution in [2.75, 3.05) is 38.5 Å². The van der Waals surface area contributed by atoms with Crippen molar-refractivity contribution in [3.8, 4) is 5.75 Å². The van der Waals surface area contributed by atoms with Crippen LogP contribution in [0.1, 0.15) is 6.42 Å². The van der Waals surface area contributed by atoms with Crippen LogP contribution in [0.15, 0.2) is 24.3 Å². The molecule has 0 bridgehead atoms. The van der Waals surface area contributed by atoms with Crippen LogP contribution >= 0.6 is 0 Å². The van der Waals surface area contributed by atoms with Crippen molar-refractivity contribution in [1.82, 2.24) is 0 Å². The van der Waals surface area contributed by atoms with Crippen LogP contribution in [-0.2, 0) is 24.3 Å². The van der Waals surface area contributed by atoms with Crippen LogP contribution in [0.2, 0.25) is 0 Å². The minimum atomic E-state index is -3.89. The van der Waals surface area contributed by atoms with Crippen LogP contribution in [-0.4, -0.2) is 53.3 Å². The van der Waals surface area contributed by atoms with E-state index in [1.54, 1.807) is 12.1 Å². The number of methoxy groups -OCH3 is 2. The van der Waals surface area contributed by atoms with Crippen LogP contribution in [0, 0.1) is 0 Å². The second-order valence-corrected chi connectivity index (χ2v) is 6.69. The molecule has 128 valence electrons. The number of nitrogens with one attached hydrogen (secondary N) is 1. The zero-order valence-electron chi connectivity index (χ0n) is 12.9. The predicted octanol–water partition coefficient (Wildman–Crippen LogP) is 1.38. The van der Waals surface area contributed by atoms with E-state index in [-0.39, 0.29) is 18.1 Å². The van der Waals surface area contributed by atoms with Crippen LogP contribution in [0.25, 0.3) is 0 Å². The van der Waals surface area contributed by atoms with E-state index in [9.17, 15) is 13.2 Å². The molecule has 2 rings (SSSR count). The highest BCUT2D eigenvalue weighted by Crippen LogP contribution is 2.26. The van der Waals surface area contributed by atoms with Crippen LogP contribution < -0.4 is 9.50 Å². The largest absolute Gasteiger partial charge is 0.453 e. The zero-order chi connectivity index (χ0) is 16.9. The Labute approximate surface area is 134 Å². The minimum Gasteiger partial charge on any atom is -0.453 e. The van der Waals surface area contributed by atoms with Crippen LogP contribution in [0.5, 0.6) is 5.75 Å². The van der Waals surface area contributed by atoms with E-state index in [4.69, 9.17) is 13.7 Å². The smallest absolute Gasteiger partial charge is 0.411 e. The normalized spacial score (nSPS) is 21.0. The molecular weight excluding hydrogens is 326 g/mol. The number of hydrogen-bond donors (Lipinski definition) is 1. The number of amides is 1. The molecule has 0 aromatic heterocycles. The topological polar surface area (TPSA) is 100 Å². The van der Waals surface area contributed by atoms with Crippen molar-refractivity contribution in [3.63, 3.8) is 0 Å². The summed E-state index contributed by atoms with van der Waals surface area (Å²) < 4.78 is 44.6. The van der Waals surface area contributed by atoms with Gasteiger partial charge in [-0.25, -0.2) is 4.79 Å².